The van der Waals surface area contributed by atoms with Crippen molar-refractivity contribution in [3.8, 4) is 11.3 Å². The van der Waals surface area contributed by atoms with Gasteiger partial charge in [0.05, 0.1) is 0 Å². The molecule has 0 fully saturated rings. The molecule has 0 saturated carbocycles. The summed E-state index contributed by atoms with van der Waals surface area (Å²) < 4.78 is 0. The molecule has 0 bridgehead atoms. The van der Waals surface area contributed by atoms with Crippen molar-refractivity contribution in [2.45, 2.75) is 39.0 Å². The molecule has 1 heteroatoms. The predicted octanol–water partition coefficient (Wildman–Crippen LogP) is 4.12. The summed E-state index contributed by atoms with van der Waals surface area (Å²) >= 11 is 0. The van der Waals surface area contributed by atoms with Crippen molar-refractivity contribution in [1.82, 2.24) is 4.98 Å². The van der Waals surface area contributed by atoms with Gasteiger partial charge in [-0.05, 0) is 49.3 Å². The van der Waals surface area contributed by atoms with Crippen LogP contribution in [0.15, 0.2) is 30.3 Å². The number of H-pyrrole nitrogens is 1. The molecule has 0 unspecified atom stereocenters. The van der Waals surface area contributed by atoms with E-state index >= 15 is 0 Å². The standard InChI is InChI=1S/C16H19N/c1-2-12-7-3-5-9-14(12)16-11-13-8-4-6-10-15(13)17-16/h3,5,7,9,11,17H,2,4,6,8,10H2,1H3. The van der Waals surface area contributed by atoms with E-state index in [0.717, 1.165) is 6.42 Å². The maximum Gasteiger partial charge on any atom is 0.0461 e. The van der Waals surface area contributed by atoms with E-state index in [1.54, 1.807) is 0 Å². The lowest BCUT2D eigenvalue weighted by molar-refractivity contribution is 0.677. The van der Waals surface area contributed by atoms with Gasteiger partial charge in [0.2, 0.25) is 0 Å². The zero-order chi connectivity index (χ0) is 11.7. The summed E-state index contributed by atoms with van der Waals surface area (Å²) in [6, 6.07) is 11.1. The fourth-order valence-electron chi connectivity index (χ4n) is 2.84. The molecule has 1 aliphatic carbocycles. The number of nitrogens with one attached hydrogen (secondary N) is 1. The van der Waals surface area contributed by atoms with E-state index in [2.05, 4.69) is 42.2 Å². The normalized spacial score (nSPS) is 14.6. The van der Waals surface area contributed by atoms with Gasteiger partial charge in [-0.1, -0.05) is 31.2 Å². The largest absolute Gasteiger partial charge is 0.358 e. The van der Waals surface area contributed by atoms with Gasteiger partial charge < -0.3 is 4.98 Å². The first kappa shape index (κ1) is 10.6. The molecule has 2 aromatic rings. The molecule has 0 saturated heterocycles. The minimum atomic E-state index is 1.10. The molecule has 0 radical (unpaired) electrons. The summed E-state index contributed by atoms with van der Waals surface area (Å²) in [6.45, 7) is 2.22. The van der Waals surface area contributed by atoms with Gasteiger partial charge in [-0.3, -0.25) is 0 Å². The third-order valence-corrected chi connectivity index (χ3v) is 3.80. The third kappa shape index (κ3) is 1.90. The molecular formula is C16H19N. The van der Waals surface area contributed by atoms with Gasteiger partial charge in [0.15, 0.2) is 0 Å². The van der Waals surface area contributed by atoms with Crippen molar-refractivity contribution in [3.05, 3.63) is 47.2 Å². The lowest BCUT2D eigenvalue weighted by Gasteiger charge is -2.09. The number of fused-ring (bicyclic) bond motifs is 1. The Balaban J connectivity index is 2.06. The lowest BCUT2D eigenvalue weighted by Crippen LogP contribution is -1.99. The summed E-state index contributed by atoms with van der Waals surface area (Å²) in [5.41, 5.74) is 7.14. The van der Waals surface area contributed by atoms with Crippen LogP contribution >= 0.6 is 0 Å². The second kappa shape index (κ2) is 4.40. The molecule has 1 nitrogen and oxygen atoms in total. The lowest BCUT2D eigenvalue weighted by atomic mass is 9.97. The molecule has 1 aliphatic rings. The van der Waals surface area contributed by atoms with Crippen LogP contribution in [-0.2, 0) is 19.3 Å². The van der Waals surface area contributed by atoms with Gasteiger partial charge in [-0.15, -0.1) is 0 Å². The van der Waals surface area contributed by atoms with E-state index in [-0.39, 0.29) is 0 Å². The fraction of sp³-hybridized carbons (Fsp3) is 0.375. The van der Waals surface area contributed by atoms with Gasteiger partial charge >= 0.3 is 0 Å². The van der Waals surface area contributed by atoms with Gasteiger partial charge in [-0.2, -0.15) is 0 Å². The molecular weight excluding hydrogens is 206 g/mol. The minimum Gasteiger partial charge on any atom is -0.358 e. The third-order valence-electron chi connectivity index (χ3n) is 3.80. The number of aromatic amines is 1. The highest BCUT2D eigenvalue weighted by atomic mass is 14.7. The summed E-state index contributed by atoms with van der Waals surface area (Å²) in [4.78, 5) is 3.62. The number of aryl methyl sites for hydroxylation is 3. The summed E-state index contributed by atoms with van der Waals surface area (Å²) in [5, 5.41) is 0. The molecule has 3 rings (SSSR count). The Morgan fingerprint density at radius 2 is 1.94 bits per heavy atom. The highest BCUT2D eigenvalue weighted by Crippen LogP contribution is 2.29. The molecule has 17 heavy (non-hydrogen) atoms. The van der Waals surface area contributed by atoms with Crippen molar-refractivity contribution in [3.63, 3.8) is 0 Å². The van der Waals surface area contributed by atoms with Gasteiger partial charge in [0.25, 0.3) is 0 Å². The Labute approximate surface area is 103 Å². The van der Waals surface area contributed by atoms with Crippen LogP contribution < -0.4 is 0 Å². The maximum atomic E-state index is 3.62. The molecule has 88 valence electrons. The molecule has 1 heterocycles. The van der Waals surface area contributed by atoms with Gasteiger partial charge in [0, 0.05) is 17.0 Å². The average Bonchev–Trinajstić information content (AvgIpc) is 2.82. The molecule has 0 spiro atoms. The van der Waals surface area contributed by atoms with Crippen LogP contribution in [0, 0.1) is 0 Å². The van der Waals surface area contributed by atoms with Crippen molar-refractivity contribution in [2.75, 3.05) is 0 Å². The van der Waals surface area contributed by atoms with Crippen LogP contribution in [0.3, 0.4) is 0 Å². The molecule has 1 N–H and O–H groups in total. The zero-order valence-corrected chi connectivity index (χ0v) is 10.4. The number of rotatable bonds is 2. The first-order valence-corrected chi connectivity index (χ1v) is 6.67. The van der Waals surface area contributed by atoms with Gasteiger partial charge in [-0.25, -0.2) is 0 Å². The Bertz CT molecular complexity index is 499. The molecule has 0 atom stereocenters. The number of aromatic nitrogens is 1. The predicted molar refractivity (Wildman–Crippen MR) is 72.2 cm³/mol. The quantitative estimate of drug-likeness (QED) is 0.791. The maximum absolute atomic E-state index is 3.62. The number of hydrogen-bond acceptors (Lipinski definition) is 0. The topological polar surface area (TPSA) is 15.8 Å². The van der Waals surface area contributed by atoms with Crippen LogP contribution in [0.25, 0.3) is 11.3 Å². The summed E-state index contributed by atoms with van der Waals surface area (Å²) in [5.74, 6) is 0. The first-order valence-electron chi connectivity index (χ1n) is 6.67. The van der Waals surface area contributed by atoms with Crippen LogP contribution in [0.4, 0.5) is 0 Å². The molecule has 0 amide bonds. The SMILES string of the molecule is CCc1ccccc1-c1cc2c([nH]1)CCCC2. The van der Waals surface area contributed by atoms with Crippen molar-refractivity contribution < 1.29 is 0 Å². The fourth-order valence-corrected chi connectivity index (χ4v) is 2.84. The van der Waals surface area contributed by atoms with Crippen LogP contribution in [0.1, 0.15) is 36.6 Å². The summed E-state index contributed by atoms with van der Waals surface area (Å²) in [7, 11) is 0. The monoisotopic (exact) mass is 225 g/mol. The van der Waals surface area contributed by atoms with Crippen molar-refractivity contribution in [2.24, 2.45) is 0 Å². The highest BCUT2D eigenvalue weighted by Gasteiger charge is 2.14. The van der Waals surface area contributed by atoms with E-state index in [4.69, 9.17) is 0 Å². The second-order valence-electron chi connectivity index (χ2n) is 4.90. The van der Waals surface area contributed by atoms with E-state index in [1.165, 1.54) is 53.8 Å². The summed E-state index contributed by atoms with van der Waals surface area (Å²) in [6.07, 6.45) is 6.26. The Morgan fingerprint density at radius 3 is 2.76 bits per heavy atom. The van der Waals surface area contributed by atoms with Crippen LogP contribution in [0.2, 0.25) is 0 Å². The Hall–Kier alpha value is -1.50. The minimum absolute atomic E-state index is 1.10. The average molecular weight is 225 g/mol. The highest BCUT2D eigenvalue weighted by molar-refractivity contribution is 5.65. The van der Waals surface area contributed by atoms with E-state index in [0.29, 0.717) is 0 Å². The first-order chi connectivity index (χ1) is 8.38. The van der Waals surface area contributed by atoms with Crippen molar-refractivity contribution in [1.29, 1.82) is 0 Å². The van der Waals surface area contributed by atoms with E-state index < -0.39 is 0 Å². The zero-order valence-electron chi connectivity index (χ0n) is 10.4. The van der Waals surface area contributed by atoms with E-state index in [9.17, 15) is 0 Å². The van der Waals surface area contributed by atoms with Gasteiger partial charge in [0.1, 0.15) is 0 Å². The van der Waals surface area contributed by atoms with Crippen LogP contribution in [-0.4, -0.2) is 4.98 Å². The van der Waals surface area contributed by atoms with Crippen LogP contribution in [0.5, 0.6) is 0 Å². The number of benzene rings is 1. The van der Waals surface area contributed by atoms with Crippen molar-refractivity contribution >= 4 is 0 Å². The molecule has 1 aromatic heterocycles. The smallest absolute Gasteiger partial charge is 0.0461 e. The number of hydrogen-bond donors (Lipinski definition) is 1. The molecule has 1 aromatic carbocycles. The second-order valence-corrected chi connectivity index (χ2v) is 4.90. The van der Waals surface area contributed by atoms with E-state index in [1.807, 2.05) is 0 Å². The Morgan fingerprint density at radius 1 is 1.12 bits per heavy atom. The Kier molecular flexibility index (Phi) is 2.76. The molecule has 0 aliphatic heterocycles.